The van der Waals surface area contributed by atoms with Gasteiger partial charge in [0.15, 0.2) is 17.5 Å². The van der Waals surface area contributed by atoms with Gasteiger partial charge in [-0.2, -0.15) is 0 Å². The van der Waals surface area contributed by atoms with Gasteiger partial charge in [-0.05, 0) is 75.1 Å². The summed E-state index contributed by atoms with van der Waals surface area (Å²) in [5.74, 6) is 1.84. The number of hydrogen-bond donors (Lipinski definition) is 0. The smallest absolute Gasteiger partial charge is 0.164 e. The van der Waals surface area contributed by atoms with Gasteiger partial charge >= 0.3 is 0 Å². The van der Waals surface area contributed by atoms with Crippen molar-refractivity contribution in [2.45, 2.75) is 0 Å². The number of para-hydroxylation sites is 1. The topological polar surface area (TPSA) is 65.0 Å². The Kier molecular flexibility index (Phi) is 6.18. The van der Waals surface area contributed by atoms with E-state index in [-0.39, 0.29) is 0 Å². The maximum absolute atomic E-state index is 6.57. The second kappa shape index (κ2) is 11.2. The molecule has 0 aliphatic heterocycles. The van der Waals surface area contributed by atoms with Crippen LogP contribution in [0.3, 0.4) is 0 Å². The summed E-state index contributed by atoms with van der Waals surface area (Å²) < 4.78 is 12.7. The van der Waals surface area contributed by atoms with Crippen LogP contribution >= 0.6 is 0 Å². The fourth-order valence-electron chi connectivity index (χ4n) is 7.67. The molecule has 8 aromatic carbocycles. The molecule has 0 radical (unpaired) electrons. The van der Waals surface area contributed by atoms with Crippen LogP contribution in [-0.4, -0.2) is 15.0 Å². The monoisotopic (exact) mass is 665 g/mol. The van der Waals surface area contributed by atoms with Crippen molar-refractivity contribution in [1.82, 2.24) is 15.0 Å². The highest BCUT2D eigenvalue weighted by Gasteiger charge is 2.20. The Morgan fingerprint density at radius 2 is 0.942 bits per heavy atom. The Morgan fingerprint density at radius 3 is 1.83 bits per heavy atom. The summed E-state index contributed by atoms with van der Waals surface area (Å²) in [7, 11) is 0. The van der Waals surface area contributed by atoms with Gasteiger partial charge in [0, 0.05) is 38.2 Å². The Hall–Kier alpha value is -7.11. The number of aromatic nitrogens is 3. The van der Waals surface area contributed by atoms with Gasteiger partial charge in [-0.15, -0.1) is 0 Å². The lowest BCUT2D eigenvalue weighted by Gasteiger charge is -2.12. The first kappa shape index (κ1) is 28.7. The minimum absolute atomic E-state index is 0.593. The van der Waals surface area contributed by atoms with Gasteiger partial charge in [-0.25, -0.2) is 15.0 Å². The molecule has 0 unspecified atom stereocenters. The van der Waals surface area contributed by atoms with E-state index in [1.165, 1.54) is 5.39 Å². The molecule has 242 valence electrons. The molecule has 0 atom stereocenters. The fraction of sp³-hybridized carbons (Fsp3) is 0. The third kappa shape index (κ3) is 4.46. The van der Waals surface area contributed by atoms with Crippen molar-refractivity contribution in [3.05, 3.63) is 164 Å². The molecule has 0 fully saturated rings. The number of fused-ring (bicyclic) bond motifs is 9. The minimum Gasteiger partial charge on any atom is -0.456 e. The van der Waals surface area contributed by atoms with E-state index >= 15 is 0 Å². The third-order valence-corrected chi connectivity index (χ3v) is 10.1. The summed E-state index contributed by atoms with van der Waals surface area (Å²) in [5.41, 5.74) is 8.29. The van der Waals surface area contributed by atoms with E-state index in [0.717, 1.165) is 87.9 Å². The van der Waals surface area contributed by atoms with Crippen molar-refractivity contribution in [2.24, 2.45) is 0 Å². The van der Waals surface area contributed by atoms with E-state index in [0.29, 0.717) is 17.5 Å². The van der Waals surface area contributed by atoms with Crippen LogP contribution in [-0.2, 0) is 0 Å². The van der Waals surface area contributed by atoms with E-state index in [1.807, 2.05) is 66.7 Å². The molecular weight excluding hydrogens is 639 g/mol. The Bertz CT molecular complexity index is 3190. The van der Waals surface area contributed by atoms with Gasteiger partial charge in [-0.3, -0.25) is 0 Å². The van der Waals surface area contributed by atoms with Gasteiger partial charge in [0.2, 0.25) is 0 Å². The Morgan fingerprint density at radius 1 is 0.308 bits per heavy atom. The number of benzene rings is 8. The summed E-state index contributed by atoms with van der Waals surface area (Å²) in [4.78, 5) is 15.5. The molecule has 0 aliphatic carbocycles. The zero-order valence-corrected chi connectivity index (χ0v) is 27.7. The summed E-state index contributed by atoms with van der Waals surface area (Å²) in [6.45, 7) is 0. The molecule has 11 aromatic rings. The third-order valence-electron chi connectivity index (χ3n) is 10.1. The first-order valence-corrected chi connectivity index (χ1v) is 17.3. The van der Waals surface area contributed by atoms with Crippen molar-refractivity contribution >= 4 is 65.4 Å². The summed E-state index contributed by atoms with van der Waals surface area (Å²) in [5, 5.41) is 8.78. The normalized spacial score (nSPS) is 11.8. The van der Waals surface area contributed by atoms with Crippen molar-refractivity contribution in [3.63, 3.8) is 0 Å². The van der Waals surface area contributed by atoms with E-state index in [4.69, 9.17) is 23.8 Å². The van der Waals surface area contributed by atoms with Gasteiger partial charge in [0.05, 0.1) is 0 Å². The number of furan rings is 2. The van der Waals surface area contributed by atoms with Crippen LogP contribution in [0.5, 0.6) is 0 Å². The maximum Gasteiger partial charge on any atom is 0.164 e. The highest BCUT2D eigenvalue weighted by molar-refractivity contribution is 6.15. The van der Waals surface area contributed by atoms with Gasteiger partial charge in [-0.1, -0.05) is 121 Å². The van der Waals surface area contributed by atoms with Crippen LogP contribution in [0.2, 0.25) is 0 Å². The molecule has 0 spiro atoms. The summed E-state index contributed by atoms with van der Waals surface area (Å²) >= 11 is 0. The first-order valence-electron chi connectivity index (χ1n) is 17.3. The lowest BCUT2D eigenvalue weighted by molar-refractivity contribution is 0.669. The van der Waals surface area contributed by atoms with Crippen LogP contribution in [0.4, 0.5) is 0 Å². The van der Waals surface area contributed by atoms with Crippen LogP contribution in [0, 0.1) is 0 Å². The molecule has 0 saturated carbocycles. The van der Waals surface area contributed by atoms with E-state index < -0.39 is 0 Å². The number of nitrogens with zero attached hydrogens (tertiary/aromatic N) is 3. The first-order chi connectivity index (χ1) is 25.7. The summed E-state index contributed by atoms with van der Waals surface area (Å²) in [6, 6.07) is 56.3. The predicted molar refractivity (Wildman–Crippen MR) is 211 cm³/mol. The molecule has 0 N–H and O–H groups in total. The van der Waals surface area contributed by atoms with E-state index in [1.54, 1.807) is 0 Å². The predicted octanol–water partition coefficient (Wildman–Crippen LogP) is 12.6. The SMILES string of the molecule is c1ccc(-c2nc(-c3cc4ccccc4c4ccccc34)nc(-c3cccc4oc5cc(-c6ccc7oc8ccccc8c7c6)ccc5c34)n2)cc1. The van der Waals surface area contributed by atoms with Gasteiger partial charge < -0.3 is 8.83 Å². The van der Waals surface area contributed by atoms with Crippen LogP contribution in [0.25, 0.3) is 111 Å². The number of hydrogen-bond acceptors (Lipinski definition) is 5. The van der Waals surface area contributed by atoms with Crippen molar-refractivity contribution in [2.75, 3.05) is 0 Å². The molecule has 0 bridgehead atoms. The summed E-state index contributed by atoms with van der Waals surface area (Å²) in [6.07, 6.45) is 0. The Balaban J connectivity index is 1.11. The maximum atomic E-state index is 6.57. The average molecular weight is 666 g/mol. The molecule has 0 amide bonds. The Labute approximate surface area is 297 Å². The number of rotatable bonds is 4. The van der Waals surface area contributed by atoms with Crippen LogP contribution in [0.1, 0.15) is 0 Å². The lowest BCUT2D eigenvalue weighted by Crippen LogP contribution is -2.01. The molecule has 52 heavy (non-hydrogen) atoms. The largest absolute Gasteiger partial charge is 0.456 e. The van der Waals surface area contributed by atoms with Crippen LogP contribution in [0.15, 0.2) is 173 Å². The zero-order valence-electron chi connectivity index (χ0n) is 27.7. The van der Waals surface area contributed by atoms with E-state index in [9.17, 15) is 0 Å². The van der Waals surface area contributed by atoms with Crippen molar-refractivity contribution < 1.29 is 8.83 Å². The molecule has 0 aliphatic rings. The quantitative estimate of drug-likeness (QED) is 0.175. The highest BCUT2D eigenvalue weighted by Crippen LogP contribution is 2.40. The molecule has 11 rings (SSSR count). The molecule has 5 nitrogen and oxygen atoms in total. The molecule has 5 heteroatoms. The molecule has 0 saturated heterocycles. The standard InChI is InChI=1S/C47H27N3O2/c1-2-11-28(12-3-1)45-48-46(50-47(49-45)39-26-31-13-4-5-14-32(31)33-15-6-7-16-34(33)39)37-18-10-20-42-44(37)36-23-21-30(27-43(36)52-42)29-22-24-41-38(25-29)35-17-8-9-19-40(35)51-41/h1-27H. The molecule has 3 aromatic heterocycles. The van der Waals surface area contributed by atoms with Crippen LogP contribution < -0.4 is 0 Å². The van der Waals surface area contributed by atoms with Crippen molar-refractivity contribution in [3.8, 4) is 45.3 Å². The van der Waals surface area contributed by atoms with Crippen molar-refractivity contribution in [1.29, 1.82) is 0 Å². The fourth-order valence-corrected chi connectivity index (χ4v) is 7.67. The molecular formula is C47H27N3O2. The second-order valence-electron chi connectivity index (χ2n) is 13.2. The second-order valence-corrected chi connectivity index (χ2v) is 13.2. The average Bonchev–Trinajstić information content (AvgIpc) is 3.78. The molecule has 3 heterocycles. The highest BCUT2D eigenvalue weighted by atomic mass is 16.3. The van der Waals surface area contributed by atoms with Gasteiger partial charge in [0.25, 0.3) is 0 Å². The lowest BCUT2D eigenvalue weighted by atomic mass is 9.96. The van der Waals surface area contributed by atoms with Gasteiger partial charge in [0.1, 0.15) is 22.3 Å². The minimum atomic E-state index is 0.593. The zero-order chi connectivity index (χ0) is 34.2. The van der Waals surface area contributed by atoms with E-state index in [2.05, 4.69) is 97.1 Å².